The standard InChI is InChI=1S/C9H10O3/c1-12-9(11)8(10)7-5-3-2-4-6-7/h2-6,8,10H,1H3/t8-/m1/s1/i5D. The van der Waals surface area contributed by atoms with E-state index in [0.29, 0.717) is 0 Å². The Morgan fingerprint density at radius 3 is 3.00 bits per heavy atom. The van der Waals surface area contributed by atoms with Crippen LogP contribution in [0.2, 0.25) is 0 Å². The number of ether oxygens (including phenoxy) is 1. The van der Waals surface area contributed by atoms with Crippen molar-refractivity contribution in [3.8, 4) is 0 Å². The Kier molecular flexibility index (Phi) is 2.36. The lowest BCUT2D eigenvalue weighted by Gasteiger charge is -2.07. The highest BCUT2D eigenvalue weighted by atomic mass is 16.5. The molecule has 1 aromatic carbocycles. The maximum atomic E-state index is 10.9. The topological polar surface area (TPSA) is 46.5 Å². The van der Waals surface area contributed by atoms with Gasteiger partial charge in [0.2, 0.25) is 0 Å². The maximum absolute atomic E-state index is 10.9. The highest BCUT2D eigenvalue weighted by molar-refractivity contribution is 5.75. The molecular formula is C9H10O3. The molecule has 0 amide bonds. The van der Waals surface area contributed by atoms with Crippen molar-refractivity contribution in [3.05, 3.63) is 35.9 Å². The van der Waals surface area contributed by atoms with Crippen LogP contribution in [0.3, 0.4) is 0 Å². The third-order valence-corrected chi connectivity index (χ3v) is 1.45. The Bertz CT molecular complexity index is 311. The van der Waals surface area contributed by atoms with Gasteiger partial charge < -0.3 is 9.84 Å². The van der Waals surface area contributed by atoms with Gasteiger partial charge in [-0.3, -0.25) is 0 Å². The first-order valence-electron chi connectivity index (χ1n) is 3.98. The highest BCUT2D eigenvalue weighted by Gasteiger charge is 2.16. The zero-order valence-corrected chi connectivity index (χ0v) is 6.65. The van der Waals surface area contributed by atoms with E-state index in [-0.39, 0.29) is 11.6 Å². The van der Waals surface area contributed by atoms with Gasteiger partial charge in [0.1, 0.15) is 0 Å². The third-order valence-electron chi connectivity index (χ3n) is 1.45. The van der Waals surface area contributed by atoms with Gasteiger partial charge in [0.25, 0.3) is 0 Å². The number of aliphatic hydroxyl groups excluding tert-OH is 1. The monoisotopic (exact) mass is 167 g/mol. The SMILES string of the molecule is [2H]c1ccccc1[C@@H](O)C(=O)OC. The van der Waals surface area contributed by atoms with E-state index in [0.717, 1.165) is 0 Å². The number of hydrogen-bond donors (Lipinski definition) is 1. The van der Waals surface area contributed by atoms with Gasteiger partial charge in [0.15, 0.2) is 6.10 Å². The normalized spacial score (nSPS) is 13.3. The Morgan fingerprint density at radius 1 is 1.67 bits per heavy atom. The molecule has 0 saturated heterocycles. The second-order valence-corrected chi connectivity index (χ2v) is 2.24. The van der Waals surface area contributed by atoms with E-state index in [9.17, 15) is 9.90 Å². The van der Waals surface area contributed by atoms with Gasteiger partial charge in [0.05, 0.1) is 8.48 Å². The van der Waals surface area contributed by atoms with Crippen LogP contribution in [0.25, 0.3) is 0 Å². The van der Waals surface area contributed by atoms with Crippen LogP contribution >= 0.6 is 0 Å². The average Bonchev–Trinajstić information content (AvgIpc) is 2.16. The van der Waals surface area contributed by atoms with Gasteiger partial charge in [0, 0.05) is 0 Å². The summed E-state index contributed by atoms with van der Waals surface area (Å²) in [6.07, 6.45) is -1.36. The lowest BCUT2D eigenvalue weighted by molar-refractivity contribution is -0.150. The Morgan fingerprint density at radius 2 is 2.42 bits per heavy atom. The molecule has 3 heteroatoms. The van der Waals surface area contributed by atoms with E-state index < -0.39 is 12.1 Å². The summed E-state index contributed by atoms with van der Waals surface area (Å²) in [5.41, 5.74) is 0.259. The maximum Gasteiger partial charge on any atom is 0.339 e. The van der Waals surface area contributed by atoms with Crippen LogP contribution in [0.15, 0.2) is 30.3 Å². The number of hydrogen-bond acceptors (Lipinski definition) is 3. The molecule has 64 valence electrons. The largest absolute Gasteiger partial charge is 0.467 e. The lowest BCUT2D eigenvalue weighted by Crippen LogP contribution is -2.13. The van der Waals surface area contributed by atoms with E-state index in [4.69, 9.17) is 1.37 Å². The van der Waals surface area contributed by atoms with Crippen molar-refractivity contribution >= 4 is 5.97 Å². The Labute approximate surface area is 72.0 Å². The molecule has 3 nitrogen and oxygen atoms in total. The summed E-state index contributed by atoms with van der Waals surface area (Å²) in [5, 5.41) is 9.38. The average molecular weight is 167 g/mol. The van der Waals surface area contributed by atoms with Crippen molar-refractivity contribution in [3.63, 3.8) is 0 Å². The molecule has 0 aliphatic carbocycles. The molecule has 1 atom stereocenters. The summed E-state index contributed by atoms with van der Waals surface area (Å²) in [7, 11) is 1.19. The molecule has 0 radical (unpaired) electrons. The van der Waals surface area contributed by atoms with Crippen molar-refractivity contribution < 1.29 is 16.0 Å². The second-order valence-electron chi connectivity index (χ2n) is 2.24. The van der Waals surface area contributed by atoms with E-state index in [1.807, 2.05) is 0 Å². The minimum absolute atomic E-state index is 0.125. The van der Waals surface area contributed by atoms with Gasteiger partial charge in [-0.2, -0.15) is 0 Å². The van der Waals surface area contributed by atoms with Crippen molar-refractivity contribution in [2.24, 2.45) is 0 Å². The van der Waals surface area contributed by atoms with Crippen molar-refractivity contribution in [1.29, 1.82) is 0 Å². The second kappa shape index (κ2) is 3.88. The number of esters is 1. The number of carbonyl (C=O) groups excluding carboxylic acids is 1. The molecule has 0 fully saturated rings. The first kappa shape index (κ1) is 7.31. The molecule has 1 aromatic rings. The molecular weight excluding hydrogens is 156 g/mol. The number of benzene rings is 1. The lowest BCUT2D eigenvalue weighted by atomic mass is 10.1. The number of methoxy groups -OCH3 is 1. The predicted molar refractivity (Wildman–Crippen MR) is 43.4 cm³/mol. The van der Waals surface area contributed by atoms with E-state index in [2.05, 4.69) is 4.74 Å². The molecule has 1 rings (SSSR count). The summed E-state index contributed by atoms with van der Waals surface area (Å²) in [6.45, 7) is 0. The summed E-state index contributed by atoms with van der Waals surface area (Å²) in [6, 6.07) is 6.46. The van der Waals surface area contributed by atoms with Crippen LogP contribution in [0, 0.1) is 0 Å². The van der Waals surface area contributed by atoms with Gasteiger partial charge >= 0.3 is 5.97 Å². The van der Waals surface area contributed by atoms with Crippen LogP contribution in [0.1, 0.15) is 13.0 Å². The summed E-state index contributed by atoms with van der Waals surface area (Å²) in [5.74, 6) is -0.750. The fraction of sp³-hybridized carbons (Fsp3) is 0.222. The van der Waals surface area contributed by atoms with Crippen molar-refractivity contribution in [2.75, 3.05) is 7.11 Å². The number of rotatable bonds is 2. The molecule has 1 N–H and O–H groups in total. The van der Waals surface area contributed by atoms with Crippen LogP contribution in [-0.2, 0) is 9.53 Å². The zero-order chi connectivity index (χ0) is 9.84. The fourth-order valence-corrected chi connectivity index (χ4v) is 0.816. The first-order valence-corrected chi connectivity index (χ1v) is 3.48. The summed E-state index contributed by atoms with van der Waals surface area (Å²) in [4.78, 5) is 10.9. The van der Waals surface area contributed by atoms with E-state index in [1.165, 1.54) is 19.2 Å². The zero-order valence-electron chi connectivity index (χ0n) is 7.65. The van der Waals surface area contributed by atoms with Crippen LogP contribution < -0.4 is 0 Å². The molecule has 0 bridgehead atoms. The smallest absolute Gasteiger partial charge is 0.339 e. The van der Waals surface area contributed by atoms with Gasteiger partial charge in [-0.25, -0.2) is 4.79 Å². The molecule has 0 heterocycles. The molecule has 0 spiro atoms. The third kappa shape index (κ3) is 1.83. The quantitative estimate of drug-likeness (QED) is 0.665. The number of aliphatic hydroxyl groups is 1. The Balaban J connectivity index is 2.95. The molecule has 0 aliphatic rings. The minimum atomic E-state index is -1.36. The van der Waals surface area contributed by atoms with Crippen LogP contribution in [0.4, 0.5) is 0 Å². The molecule has 0 unspecified atom stereocenters. The van der Waals surface area contributed by atoms with Crippen molar-refractivity contribution in [1.82, 2.24) is 0 Å². The van der Waals surface area contributed by atoms with Gasteiger partial charge in [-0.1, -0.05) is 30.3 Å². The fourth-order valence-electron chi connectivity index (χ4n) is 0.816. The van der Waals surface area contributed by atoms with Crippen LogP contribution in [0.5, 0.6) is 0 Å². The van der Waals surface area contributed by atoms with Crippen molar-refractivity contribution in [2.45, 2.75) is 6.10 Å². The summed E-state index contributed by atoms with van der Waals surface area (Å²) < 4.78 is 11.8. The summed E-state index contributed by atoms with van der Waals surface area (Å²) >= 11 is 0. The Hall–Kier alpha value is -1.35. The highest BCUT2D eigenvalue weighted by Crippen LogP contribution is 2.12. The van der Waals surface area contributed by atoms with Crippen LogP contribution in [-0.4, -0.2) is 18.2 Å². The molecule has 0 aliphatic heterocycles. The van der Waals surface area contributed by atoms with Gasteiger partial charge in [-0.15, -0.1) is 0 Å². The predicted octanol–water partition coefficient (Wildman–Crippen LogP) is 0.893. The molecule has 0 aromatic heterocycles. The molecule has 12 heavy (non-hydrogen) atoms. The van der Waals surface area contributed by atoms with E-state index >= 15 is 0 Å². The van der Waals surface area contributed by atoms with Gasteiger partial charge in [-0.05, 0) is 5.56 Å². The molecule has 0 saturated carbocycles. The first-order chi connectivity index (χ1) is 6.16. The number of carbonyl (C=O) groups is 1. The van der Waals surface area contributed by atoms with E-state index in [1.54, 1.807) is 12.1 Å². The minimum Gasteiger partial charge on any atom is -0.467 e.